The molecule has 0 saturated heterocycles. The third-order valence-electron chi connectivity index (χ3n) is 4.51. The number of benzene rings is 2. The highest BCUT2D eigenvalue weighted by atomic mass is 14.9. The molecule has 0 fully saturated rings. The Morgan fingerprint density at radius 3 is 2.50 bits per heavy atom. The fourth-order valence-electron chi connectivity index (χ4n) is 3.03. The van der Waals surface area contributed by atoms with Crippen molar-refractivity contribution in [2.45, 2.75) is 46.1 Å². The summed E-state index contributed by atoms with van der Waals surface area (Å²) in [4.78, 5) is 0. The number of hydrogen-bond donors (Lipinski definition) is 1. The minimum absolute atomic E-state index is 0.341. The maximum atomic E-state index is 3.63. The molecule has 1 heteroatoms. The number of aryl methyl sites for hydroxylation is 4. The Morgan fingerprint density at radius 2 is 1.70 bits per heavy atom. The van der Waals surface area contributed by atoms with Gasteiger partial charge in [-0.1, -0.05) is 24.3 Å². The van der Waals surface area contributed by atoms with Crippen molar-refractivity contribution in [2.24, 2.45) is 0 Å². The predicted molar refractivity (Wildman–Crippen MR) is 86.4 cm³/mol. The first-order valence-corrected chi connectivity index (χ1v) is 7.59. The summed E-state index contributed by atoms with van der Waals surface area (Å²) in [6, 6.07) is 13.9. The average molecular weight is 265 g/mol. The molecule has 0 amide bonds. The molecular weight excluding hydrogens is 242 g/mol. The number of rotatable bonds is 3. The molecule has 20 heavy (non-hydrogen) atoms. The topological polar surface area (TPSA) is 12.0 Å². The van der Waals surface area contributed by atoms with Crippen LogP contribution in [0.1, 0.15) is 47.2 Å². The van der Waals surface area contributed by atoms with Crippen LogP contribution in [0.5, 0.6) is 0 Å². The first-order valence-electron chi connectivity index (χ1n) is 7.59. The third kappa shape index (κ3) is 2.58. The summed E-state index contributed by atoms with van der Waals surface area (Å²) in [6.07, 6.45) is 3.80. The van der Waals surface area contributed by atoms with Crippen molar-refractivity contribution in [1.82, 2.24) is 0 Å². The van der Waals surface area contributed by atoms with Crippen molar-refractivity contribution in [1.29, 1.82) is 0 Å². The van der Waals surface area contributed by atoms with Crippen LogP contribution in [-0.2, 0) is 12.8 Å². The Hall–Kier alpha value is -1.76. The largest absolute Gasteiger partial charge is 0.379 e. The summed E-state index contributed by atoms with van der Waals surface area (Å²) in [6.45, 7) is 6.58. The molecule has 1 N–H and O–H groups in total. The second-order valence-corrected chi connectivity index (χ2v) is 6.05. The maximum absolute atomic E-state index is 3.63. The van der Waals surface area contributed by atoms with Gasteiger partial charge in [-0.3, -0.25) is 0 Å². The highest BCUT2D eigenvalue weighted by Gasteiger charge is 2.12. The van der Waals surface area contributed by atoms with Crippen LogP contribution in [0.4, 0.5) is 5.69 Å². The van der Waals surface area contributed by atoms with Gasteiger partial charge < -0.3 is 5.32 Å². The Balaban J connectivity index is 1.78. The lowest BCUT2D eigenvalue weighted by molar-refractivity contribution is 0.880. The van der Waals surface area contributed by atoms with Crippen LogP contribution in [0.2, 0.25) is 0 Å². The molecule has 0 aliphatic heterocycles. The van der Waals surface area contributed by atoms with Crippen LogP contribution in [0.25, 0.3) is 0 Å². The fourth-order valence-corrected chi connectivity index (χ4v) is 3.03. The Bertz CT molecular complexity index is 628. The van der Waals surface area contributed by atoms with Gasteiger partial charge >= 0.3 is 0 Å². The smallest absolute Gasteiger partial charge is 0.0485 e. The highest BCUT2D eigenvalue weighted by Crippen LogP contribution is 2.27. The molecule has 0 spiro atoms. The minimum Gasteiger partial charge on any atom is -0.379 e. The van der Waals surface area contributed by atoms with E-state index >= 15 is 0 Å². The van der Waals surface area contributed by atoms with Gasteiger partial charge in [0.15, 0.2) is 0 Å². The van der Waals surface area contributed by atoms with Gasteiger partial charge in [-0.05, 0) is 80.0 Å². The van der Waals surface area contributed by atoms with E-state index in [1.807, 2.05) is 0 Å². The molecule has 0 saturated carbocycles. The lowest BCUT2D eigenvalue weighted by Crippen LogP contribution is -2.07. The van der Waals surface area contributed by atoms with E-state index in [4.69, 9.17) is 0 Å². The van der Waals surface area contributed by atoms with Crippen LogP contribution >= 0.6 is 0 Å². The average Bonchev–Trinajstić information content (AvgIpc) is 2.89. The SMILES string of the molecule is Cc1ccc(C(C)Nc2ccc3c(c2)CCC3)cc1C. The van der Waals surface area contributed by atoms with Crippen molar-refractivity contribution < 1.29 is 0 Å². The second-order valence-electron chi connectivity index (χ2n) is 6.05. The van der Waals surface area contributed by atoms with Crippen molar-refractivity contribution in [3.05, 3.63) is 64.2 Å². The van der Waals surface area contributed by atoms with Crippen LogP contribution in [-0.4, -0.2) is 0 Å². The summed E-state index contributed by atoms with van der Waals surface area (Å²) in [5.41, 5.74) is 8.39. The van der Waals surface area contributed by atoms with Gasteiger partial charge in [0.25, 0.3) is 0 Å². The number of nitrogens with one attached hydrogen (secondary N) is 1. The number of fused-ring (bicyclic) bond motifs is 1. The van der Waals surface area contributed by atoms with Gasteiger partial charge in [-0.2, -0.15) is 0 Å². The molecule has 1 aliphatic carbocycles. The molecule has 0 radical (unpaired) electrons. The quantitative estimate of drug-likeness (QED) is 0.826. The van der Waals surface area contributed by atoms with Gasteiger partial charge in [0.1, 0.15) is 0 Å². The van der Waals surface area contributed by atoms with E-state index in [2.05, 4.69) is 62.5 Å². The Morgan fingerprint density at radius 1 is 0.900 bits per heavy atom. The molecule has 2 aromatic carbocycles. The summed E-state index contributed by atoms with van der Waals surface area (Å²) in [7, 11) is 0. The molecule has 3 rings (SSSR count). The molecule has 1 unspecified atom stereocenters. The zero-order chi connectivity index (χ0) is 14.1. The first kappa shape index (κ1) is 13.2. The summed E-state index contributed by atoms with van der Waals surface area (Å²) in [5.74, 6) is 0. The molecule has 104 valence electrons. The van der Waals surface area contributed by atoms with E-state index in [9.17, 15) is 0 Å². The summed E-state index contributed by atoms with van der Waals surface area (Å²) >= 11 is 0. The van der Waals surface area contributed by atoms with Crippen LogP contribution < -0.4 is 5.32 Å². The molecule has 1 aliphatic rings. The summed E-state index contributed by atoms with van der Waals surface area (Å²) < 4.78 is 0. The van der Waals surface area contributed by atoms with E-state index in [-0.39, 0.29) is 0 Å². The molecule has 1 nitrogen and oxygen atoms in total. The van der Waals surface area contributed by atoms with Crippen molar-refractivity contribution in [3.8, 4) is 0 Å². The van der Waals surface area contributed by atoms with E-state index in [1.165, 1.54) is 52.8 Å². The van der Waals surface area contributed by atoms with Crippen molar-refractivity contribution >= 4 is 5.69 Å². The van der Waals surface area contributed by atoms with E-state index in [0.717, 1.165) is 0 Å². The maximum Gasteiger partial charge on any atom is 0.0485 e. The summed E-state index contributed by atoms with van der Waals surface area (Å²) in [5, 5.41) is 3.63. The van der Waals surface area contributed by atoms with Crippen molar-refractivity contribution in [3.63, 3.8) is 0 Å². The molecular formula is C19H23N. The van der Waals surface area contributed by atoms with E-state index in [1.54, 1.807) is 0 Å². The molecule has 2 aromatic rings. The van der Waals surface area contributed by atoms with E-state index in [0.29, 0.717) is 6.04 Å². The van der Waals surface area contributed by atoms with Gasteiger partial charge in [0, 0.05) is 11.7 Å². The van der Waals surface area contributed by atoms with Gasteiger partial charge in [-0.25, -0.2) is 0 Å². The van der Waals surface area contributed by atoms with Crippen LogP contribution in [0, 0.1) is 13.8 Å². The second kappa shape index (κ2) is 5.32. The van der Waals surface area contributed by atoms with Crippen molar-refractivity contribution in [2.75, 3.05) is 5.32 Å². The zero-order valence-corrected chi connectivity index (χ0v) is 12.7. The highest BCUT2D eigenvalue weighted by molar-refractivity contribution is 5.51. The predicted octanol–water partition coefficient (Wildman–Crippen LogP) is 4.97. The fraction of sp³-hybridized carbons (Fsp3) is 0.368. The lowest BCUT2D eigenvalue weighted by Gasteiger charge is -2.17. The molecule has 1 atom stereocenters. The third-order valence-corrected chi connectivity index (χ3v) is 4.51. The van der Waals surface area contributed by atoms with Gasteiger partial charge in [0.2, 0.25) is 0 Å². The number of hydrogen-bond acceptors (Lipinski definition) is 1. The van der Waals surface area contributed by atoms with Gasteiger partial charge in [0.05, 0.1) is 0 Å². The Kier molecular flexibility index (Phi) is 3.52. The molecule has 0 aromatic heterocycles. The lowest BCUT2D eigenvalue weighted by atomic mass is 10.0. The standard InChI is InChI=1S/C19H23N/c1-13-7-8-17(11-14(13)2)15(3)20-19-10-9-16-5-4-6-18(16)12-19/h7-12,15,20H,4-6H2,1-3H3. The normalized spacial score (nSPS) is 14.9. The first-order chi connectivity index (χ1) is 9.63. The monoisotopic (exact) mass is 265 g/mol. The van der Waals surface area contributed by atoms with Crippen LogP contribution in [0.3, 0.4) is 0 Å². The molecule has 0 bridgehead atoms. The van der Waals surface area contributed by atoms with Crippen LogP contribution in [0.15, 0.2) is 36.4 Å². The Labute approximate surface area is 122 Å². The molecule has 0 heterocycles. The van der Waals surface area contributed by atoms with Gasteiger partial charge in [-0.15, -0.1) is 0 Å². The minimum atomic E-state index is 0.341. The zero-order valence-electron chi connectivity index (χ0n) is 12.7. The van der Waals surface area contributed by atoms with E-state index < -0.39 is 0 Å². The number of anilines is 1.